The van der Waals surface area contributed by atoms with Crippen LogP contribution in [0.5, 0.6) is 0 Å². The molecule has 1 heterocycles. The van der Waals surface area contributed by atoms with Crippen LogP contribution in [0.1, 0.15) is 43.4 Å². The lowest BCUT2D eigenvalue weighted by atomic mass is 9.66. The van der Waals surface area contributed by atoms with Crippen molar-refractivity contribution in [3.63, 3.8) is 0 Å². The Kier molecular flexibility index (Phi) is 4.34. The van der Waals surface area contributed by atoms with Crippen LogP contribution in [0, 0.1) is 10.1 Å². The molecule has 5 nitrogen and oxygen atoms in total. The van der Waals surface area contributed by atoms with E-state index in [1.54, 1.807) is 12.1 Å². The molecule has 24 heavy (non-hydrogen) atoms. The van der Waals surface area contributed by atoms with E-state index in [9.17, 15) is 14.9 Å². The number of cyclic esters (lactones) is 1. The predicted octanol–water partition coefficient (Wildman–Crippen LogP) is 4.32. The zero-order valence-electron chi connectivity index (χ0n) is 13.5. The van der Waals surface area contributed by atoms with Crippen LogP contribution < -0.4 is 0 Å². The molecule has 0 unspecified atom stereocenters. The van der Waals surface area contributed by atoms with Crippen LogP contribution in [-0.4, -0.2) is 10.9 Å². The molecule has 0 N–H and O–H groups in total. The Morgan fingerprint density at radius 3 is 2.33 bits per heavy atom. The average Bonchev–Trinajstić information content (AvgIpc) is 2.61. The molecule has 0 radical (unpaired) electrons. The third-order valence-corrected chi connectivity index (χ3v) is 4.66. The topological polar surface area (TPSA) is 69.4 Å². The molecule has 2 aromatic rings. The zero-order valence-corrected chi connectivity index (χ0v) is 13.5. The Morgan fingerprint density at radius 2 is 1.79 bits per heavy atom. The average molecular weight is 325 g/mol. The van der Waals surface area contributed by atoms with Crippen molar-refractivity contribution < 1.29 is 14.5 Å². The summed E-state index contributed by atoms with van der Waals surface area (Å²) in [5, 5.41) is 10.8. The summed E-state index contributed by atoms with van der Waals surface area (Å²) in [6, 6.07) is 15.9. The third-order valence-electron chi connectivity index (χ3n) is 4.66. The lowest BCUT2D eigenvalue weighted by Gasteiger charge is -2.47. The number of unbranched alkanes of at least 4 members (excludes halogenated alkanes) is 1. The van der Waals surface area contributed by atoms with Crippen molar-refractivity contribution in [2.24, 2.45) is 0 Å². The summed E-state index contributed by atoms with van der Waals surface area (Å²) in [5.41, 5.74) is 1.06. The van der Waals surface area contributed by atoms with Crippen LogP contribution in [0.15, 0.2) is 54.6 Å². The SMILES string of the molecule is CCCC[C@]1(c2ccccc2)C(=O)O[C@@H]1c1ccc([N+](=O)[O-])cc1. The van der Waals surface area contributed by atoms with Gasteiger partial charge in [-0.05, 0) is 29.7 Å². The van der Waals surface area contributed by atoms with Gasteiger partial charge in [0.15, 0.2) is 0 Å². The highest BCUT2D eigenvalue weighted by Gasteiger charge is 2.59. The predicted molar refractivity (Wildman–Crippen MR) is 89.6 cm³/mol. The molecule has 0 amide bonds. The molecule has 1 fully saturated rings. The molecular formula is C19H19NO4. The van der Waals surface area contributed by atoms with Gasteiger partial charge in [0.05, 0.1) is 4.92 Å². The van der Waals surface area contributed by atoms with Crippen LogP contribution in [0.3, 0.4) is 0 Å². The normalized spacial score (nSPS) is 22.5. The van der Waals surface area contributed by atoms with E-state index >= 15 is 0 Å². The Hall–Kier alpha value is -2.69. The van der Waals surface area contributed by atoms with Crippen molar-refractivity contribution in [3.8, 4) is 0 Å². The van der Waals surface area contributed by atoms with Crippen LogP contribution in [0.25, 0.3) is 0 Å². The summed E-state index contributed by atoms with van der Waals surface area (Å²) in [7, 11) is 0. The van der Waals surface area contributed by atoms with Gasteiger partial charge in [0.1, 0.15) is 11.5 Å². The van der Waals surface area contributed by atoms with Gasteiger partial charge in [0, 0.05) is 12.1 Å². The second-order valence-electron chi connectivity index (χ2n) is 6.07. The van der Waals surface area contributed by atoms with E-state index in [1.807, 2.05) is 30.3 Å². The Bertz CT molecular complexity index is 742. The second-order valence-corrected chi connectivity index (χ2v) is 6.07. The van der Waals surface area contributed by atoms with E-state index in [2.05, 4.69) is 6.92 Å². The molecule has 124 valence electrons. The number of nitro groups is 1. The number of rotatable bonds is 6. The van der Waals surface area contributed by atoms with Crippen LogP contribution >= 0.6 is 0 Å². The number of non-ortho nitro benzene ring substituents is 1. The number of ether oxygens (including phenoxy) is 1. The molecule has 2 aromatic carbocycles. The number of benzene rings is 2. The maximum Gasteiger partial charge on any atom is 0.321 e. The molecule has 0 aromatic heterocycles. The number of carbonyl (C=O) groups excluding carboxylic acids is 1. The van der Waals surface area contributed by atoms with E-state index < -0.39 is 16.4 Å². The number of hydrogen-bond acceptors (Lipinski definition) is 4. The minimum Gasteiger partial charge on any atom is -0.455 e. The smallest absolute Gasteiger partial charge is 0.321 e. The summed E-state index contributed by atoms with van der Waals surface area (Å²) in [4.78, 5) is 22.9. The Labute approximate surface area is 140 Å². The van der Waals surface area contributed by atoms with E-state index in [-0.39, 0.29) is 11.7 Å². The van der Waals surface area contributed by atoms with Gasteiger partial charge in [0.2, 0.25) is 0 Å². The molecular weight excluding hydrogens is 306 g/mol. The third kappa shape index (κ3) is 2.56. The summed E-state index contributed by atoms with van der Waals surface area (Å²) in [6.45, 7) is 2.09. The van der Waals surface area contributed by atoms with Crippen molar-refractivity contribution in [1.29, 1.82) is 0 Å². The van der Waals surface area contributed by atoms with E-state index in [4.69, 9.17) is 4.74 Å². The molecule has 5 heteroatoms. The maximum atomic E-state index is 12.5. The second kappa shape index (κ2) is 6.43. The number of esters is 1. The van der Waals surface area contributed by atoms with Gasteiger partial charge in [-0.3, -0.25) is 14.9 Å². The summed E-state index contributed by atoms with van der Waals surface area (Å²) in [5.74, 6) is -0.217. The van der Waals surface area contributed by atoms with Gasteiger partial charge >= 0.3 is 5.97 Å². The van der Waals surface area contributed by atoms with Crippen LogP contribution in [-0.2, 0) is 14.9 Å². The van der Waals surface area contributed by atoms with Gasteiger partial charge < -0.3 is 4.74 Å². The first-order valence-corrected chi connectivity index (χ1v) is 8.10. The Balaban J connectivity index is 2.00. The lowest BCUT2D eigenvalue weighted by Crippen LogP contribution is -2.54. The monoisotopic (exact) mass is 325 g/mol. The lowest BCUT2D eigenvalue weighted by molar-refractivity contribution is -0.384. The Morgan fingerprint density at radius 1 is 1.12 bits per heavy atom. The molecule has 0 aliphatic carbocycles. The van der Waals surface area contributed by atoms with Crippen LogP contribution in [0.2, 0.25) is 0 Å². The van der Waals surface area contributed by atoms with Gasteiger partial charge in [-0.1, -0.05) is 50.1 Å². The van der Waals surface area contributed by atoms with Crippen molar-refractivity contribution in [1.82, 2.24) is 0 Å². The first-order chi connectivity index (χ1) is 11.6. The van der Waals surface area contributed by atoms with Gasteiger partial charge in [-0.2, -0.15) is 0 Å². The quantitative estimate of drug-likeness (QED) is 0.450. The van der Waals surface area contributed by atoms with E-state index in [0.29, 0.717) is 6.42 Å². The van der Waals surface area contributed by atoms with Crippen molar-refractivity contribution in [3.05, 3.63) is 75.8 Å². The zero-order chi connectivity index (χ0) is 17.2. The fraction of sp³-hybridized carbons (Fsp3) is 0.316. The molecule has 0 spiro atoms. The number of nitro benzene ring substituents is 1. The van der Waals surface area contributed by atoms with Crippen molar-refractivity contribution in [2.75, 3.05) is 0 Å². The maximum absolute atomic E-state index is 12.5. The highest BCUT2D eigenvalue weighted by molar-refractivity contribution is 5.90. The summed E-state index contributed by atoms with van der Waals surface area (Å²) in [6.07, 6.45) is 2.19. The fourth-order valence-corrected chi connectivity index (χ4v) is 3.32. The minimum absolute atomic E-state index is 0.0308. The van der Waals surface area contributed by atoms with E-state index in [1.165, 1.54) is 12.1 Å². The van der Waals surface area contributed by atoms with Gasteiger partial charge in [-0.25, -0.2) is 0 Å². The molecule has 1 saturated heterocycles. The number of carbonyl (C=O) groups is 1. The van der Waals surface area contributed by atoms with Crippen molar-refractivity contribution in [2.45, 2.75) is 37.7 Å². The standard InChI is InChI=1S/C19H19NO4/c1-2-3-13-19(15-7-5-4-6-8-15)17(24-18(19)21)14-9-11-16(12-10-14)20(22)23/h4-12,17H,2-3,13H2,1H3/t17-,19-/m1/s1. The minimum atomic E-state index is -0.701. The molecule has 3 rings (SSSR count). The number of hydrogen-bond donors (Lipinski definition) is 0. The first kappa shape index (κ1) is 16.2. The van der Waals surface area contributed by atoms with Gasteiger partial charge in [0.25, 0.3) is 5.69 Å². The van der Waals surface area contributed by atoms with Crippen molar-refractivity contribution >= 4 is 11.7 Å². The largest absolute Gasteiger partial charge is 0.455 e. The molecule has 1 aliphatic rings. The summed E-state index contributed by atoms with van der Waals surface area (Å²) >= 11 is 0. The highest BCUT2D eigenvalue weighted by Crippen LogP contribution is 2.52. The number of nitrogens with zero attached hydrogens (tertiary/aromatic N) is 1. The molecule has 1 aliphatic heterocycles. The molecule has 0 bridgehead atoms. The van der Waals surface area contributed by atoms with Gasteiger partial charge in [-0.15, -0.1) is 0 Å². The molecule has 2 atom stereocenters. The first-order valence-electron chi connectivity index (χ1n) is 8.10. The molecule has 0 saturated carbocycles. The summed E-state index contributed by atoms with van der Waals surface area (Å²) < 4.78 is 5.48. The fourth-order valence-electron chi connectivity index (χ4n) is 3.32. The van der Waals surface area contributed by atoms with Crippen LogP contribution in [0.4, 0.5) is 5.69 Å². The highest BCUT2D eigenvalue weighted by atomic mass is 16.6. The van der Waals surface area contributed by atoms with E-state index in [0.717, 1.165) is 24.0 Å².